The number of aromatic nitrogens is 4. The number of fused-ring (bicyclic) bond motifs is 1. The van der Waals surface area contributed by atoms with Gasteiger partial charge in [0.05, 0.1) is 37.5 Å². The Bertz CT molecular complexity index is 2090. The van der Waals surface area contributed by atoms with Gasteiger partial charge in [0, 0.05) is 70.1 Å². The molecule has 274 valence electrons. The van der Waals surface area contributed by atoms with Crippen LogP contribution in [0.15, 0.2) is 85.2 Å². The van der Waals surface area contributed by atoms with Gasteiger partial charge in [-0.25, -0.2) is 9.78 Å². The van der Waals surface area contributed by atoms with Crippen molar-refractivity contribution in [3.05, 3.63) is 102 Å². The number of hydrogen-bond acceptors (Lipinski definition) is 10. The standard InChI is InChI=1S/C39H45N9O4Si/c1-51-32-20-30-12-8-9-13-33(30)34(21-32)43-37(49)35-22-36(45-38(44-35)41-23-29-24-42-47(25-29)18-19-53(2,3)4)46-16-17-48(31(26-46)14-15-40)39(50)52-27-28-10-6-5-7-11-28/h5-13,20-22,24-25,31H,14,16-19,23,26-27H2,1-4H3,(H,43,49)(H,41,44,45)/t31-/m0/s1. The van der Waals surface area contributed by atoms with E-state index in [9.17, 15) is 14.9 Å². The van der Waals surface area contributed by atoms with Gasteiger partial charge in [-0.05, 0) is 23.1 Å². The molecule has 0 unspecified atom stereocenters. The van der Waals surface area contributed by atoms with Gasteiger partial charge in [-0.3, -0.25) is 9.48 Å². The van der Waals surface area contributed by atoms with Crippen molar-refractivity contribution in [2.75, 3.05) is 42.3 Å². The third kappa shape index (κ3) is 9.69. The quantitative estimate of drug-likeness (QED) is 0.124. The Labute approximate surface area is 310 Å². The molecule has 1 aliphatic heterocycles. The number of ether oxygens (including phenoxy) is 2. The second-order valence-electron chi connectivity index (χ2n) is 14.3. The van der Waals surface area contributed by atoms with Gasteiger partial charge in [0.25, 0.3) is 5.91 Å². The lowest BCUT2D eigenvalue weighted by atomic mass is 10.1. The minimum Gasteiger partial charge on any atom is -0.497 e. The number of carbonyl (C=O) groups is 2. The predicted molar refractivity (Wildman–Crippen MR) is 208 cm³/mol. The summed E-state index contributed by atoms with van der Waals surface area (Å²) in [6.07, 6.45) is 3.46. The number of anilines is 3. The van der Waals surface area contributed by atoms with Crippen molar-refractivity contribution in [3.8, 4) is 11.8 Å². The molecule has 0 spiro atoms. The summed E-state index contributed by atoms with van der Waals surface area (Å²) in [5.41, 5.74) is 2.57. The number of methoxy groups -OCH3 is 1. The van der Waals surface area contributed by atoms with Crippen molar-refractivity contribution in [3.63, 3.8) is 0 Å². The lowest BCUT2D eigenvalue weighted by Crippen LogP contribution is -2.55. The molecule has 0 aliphatic carbocycles. The van der Waals surface area contributed by atoms with E-state index in [1.165, 1.54) is 0 Å². The first-order valence-electron chi connectivity index (χ1n) is 17.7. The van der Waals surface area contributed by atoms with E-state index in [0.717, 1.165) is 34.5 Å². The summed E-state index contributed by atoms with van der Waals surface area (Å²) in [6, 6.07) is 25.4. The van der Waals surface area contributed by atoms with Crippen LogP contribution in [0.5, 0.6) is 5.75 Å². The van der Waals surface area contributed by atoms with Gasteiger partial charge in [0.1, 0.15) is 23.9 Å². The predicted octanol–water partition coefficient (Wildman–Crippen LogP) is 6.78. The highest BCUT2D eigenvalue weighted by atomic mass is 28.3. The van der Waals surface area contributed by atoms with Crippen molar-refractivity contribution in [1.29, 1.82) is 5.26 Å². The van der Waals surface area contributed by atoms with Crippen molar-refractivity contribution >= 4 is 48.3 Å². The molecule has 1 atom stereocenters. The van der Waals surface area contributed by atoms with Crippen LogP contribution in [-0.4, -0.2) is 77.5 Å². The van der Waals surface area contributed by atoms with Crippen LogP contribution in [0.1, 0.15) is 28.0 Å². The van der Waals surface area contributed by atoms with Gasteiger partial charge in [-0.15, -0.1) is 0 Å². The lowest BCUT2D eigenvalue weighted by molar-refractivity contribution is 0.0768. The number of nitrogens with one attached hydrogen (secondary N) is 2. The molecule has 1 fully saturated rings. The summed E-state index contributed by atoms with van der Waals surface area (Å²) in [6.45, 7) is 9.45. The minimum absolute atomic E-state index is 0.102. The number of nitrogens with zero attached hydrogens (tertiary/aromatic N) is 7. The fourth-order valence-electron chi connectivity index (χ4n) is 6.12. The average molecular weight is 732 g/mol. The third-order valence-electron chi connectivity index (χ3n) is 9.07. The molecule has 53 heavy (non-hydrogen) atoms. The second-order valence-corrected chi connectivity index (χ2v) is 19.9. The van der Waals surface area contributed by atoms with E-state index in [1.807, 2.05) is 82.6 Å². The van der Waals surface area contributed by atoms with Gasteiger partial charge in [-0.1, -0.05) is 74.2 Å². The van der Waals surface area contributed by atoms with E-state index in [4.69, 9.17) is 14.5 Å². The van der Waals surface area contributed by atoms with Crippen LogP contribution >= 0.6 is 0 Å². The average Bonchev–Trinajstić information content (AvgIpc) is 3.63. The Balaban J connectivity index is 1.24. The normalized spacial score (nSPS) is 14.4. The molecule has 0 radical (unpaired) electrons. The van der Waals surface area contributed by atoms with E-state index in [2.05, 4.69) is 46.4 Å². The number of amides is 2. The van der Waals surface area contributed by atoms with Crippen LogP contribution in [0.3, 0.4) is 0 Å². The maximum absolute atomic E-state index is 14.0. The smallest absolute Gasteiger partial charge is 0.410 e. The van der Waals surface area contributed by atoms with Gasteiger partial charge in [-0.2, -0.15) is 15.3 Å². The fourth-order valence-corrected chi connectivity index (χ4v) is 7.02. The number of benzene rings is 3. The van der Waals surface area contributed by atoms with E-state index < -0.39 is 26.1 Å². The Kier molecular flexibility index (Phi) is 11.5. The molecular formula is C39H45N9O4Si. The summed E-state index contributed by atoms with van der Waals surface area (Å²) in [5, 5.41) is 22.3. The Morgan fingerprint density at radius 2 is 1.79 bits per heavy atom. The monoisotopic (exact) mass is 731 g/mol. The molecule has 2 amide bonds. The second kappa shape index (κ2) is 16.6. The summed E-state index contributed by atoms with van der Waals surface area (Å²) in [5.74, 6) is 0.943. The molecule has 13 nitrogen and oxygen atoms in total. The number of nitriles is 1. The van der Waals surface area contributed by atoms with Gasteiger partial charge in [0.15, 0.2) is 0 Å². The molecule has 3 aromatic carbocycles. The fraction of sp³-hybridized carbons (Fsp3) is 0.333. The molecule has 0 bridgehead atoms. The topological polar surface area (TPSA) is 151 Å². The maximum Gasteiger partial charge on any atom is 0.410 e. The van der Waals surface area contributed by atoms with Crippen molar-refractivity contribution < 1.29 is 19.1 Å². The van der Waals surface area contributed by atoms with Crippen molar-refractivity contribution in [2.45, 2.75) is 57.8 Å². The SMILES string of the molecule is COc1cc(NC(=O)c2cc(N3CCN(C(=O)OCc4ccccc4)[C@@H](CC#N)C3)nc(NCc3cnn(CC[Si](C)(C)C)c3)n2)c2ccccc2c1. The Morgan fingerprint density at radius 3 is 2.57 bits per heavy atom. The molecule has 2 aromatic heterocycles. The first-order valence-corrected chi connectivity index (χ1v) is 21.4. The van der Waals surface area contributed by atoms with Crippen LogP contribution in [-0.2, 0) is 24.4 Å². The number of piperazine rings is 1. The number of rotatable bonds is 13. The molecule has 0 saturated carbocycles. The van der Waals surface area contributed by atoms with E-state index in [-0.39, 0.29) is 24.7 Å². The Hall–Kier alpha value is -5.94. The van der Waals surface area contributed by atoms with Crippen LogP contribution < -0.4 is 20.3 Å². The largest absolute Gasteiger partial charge is 0.497 e. The van der Waals surface area contributed by atoms with Crippen molar-refractivity contribution in [1.82, 2.24) is 24.6 Å². The number of hydrogen-bond donors (Lipinski definition) is 2. The molecule has 1 aliphatic rings. The summed E-state index contributed by atoms with van der Waals surface area (Å²) in [4.78, 5) is 40.2. The zero-order valence-electron chi connectivity index (χ0n) is 30.6. The van der Waals surface area contributed by atoms with Gasteiger partial charge in [0.2, 0.25) is 5.95 Å². The van der Waals surface area contributed by atoms with E-state index in [1.54, 1.807) is 24.1 Å². The molecule has 3 heterocycles. The molecule has 14 heteroatoms. The van der Waals surface area contributed by atoms with Crippen LogP contribution in [0.4, 0.5) is 22.2 Å². The first-order chi connectivity index (χ1) is 25.6. The molecule has 2 N–H and O–H groups in total. The highest BCUT2D eigenvalue weighted by Crippen LogP contribution is 2.30. The molecule has 6 rings (SSSR count). The highest BCUT2D eigenvalue weighted by Gasteiger charge is 2.33. The highest BCUT2D eigenvalue weighted by molar-refractivity contribution is 6.76. The van der Waals surface area contributed by atoms with Crippen LogP contribution in [0, 0.1) is 11.3 Å². The zero-order valence-corrected chi connectivity index (χ0v) is 31.6. The van der Waals surface area contributed by atoms with Crippen LogP contribution in [0.25, 0.3) is 10.8 Å². The van der Waals surface area contributed by atoms with E-state index >= 15 is 0 Å². The molecular weight excluding hydrogens is 687 g/mol. The van der Waals surface area contributed by atoms with Crippen LogP contribution in [0.2, 0.25) is 25.7 Å². The maximum atomic E-state index is 14.0. The number of aryl methyl sites for hydroxylation is 1. The van der Waals surface area contributed by atoms with Gasteiger partial charge < -0.3 is 29.9 Å². The first kappa shape index (κ1) is 36.8. The number of carbonyl (C=O) groups excluding carboxylic acids is 2. The van der Waals surface area contributed by atoms with Crippen molar-refractivity contribution in [2.24, 2.45) is 0 Å². The van der Waals surface area contributed by atoms with Gasteiger partial charge >= 0.3 is 6.09 Å². The lowest BCUT2D eigenvalue weighted by Gasteiger charge is -2.40. The molecule has 1 saturated heterocycles. The van der Waals surface area contributed by atoms with E-state index in [0.29, 0.717) is 43.4 Å². The summed E-state index contributed by atoms with van der Waals surface area (Å²) in [7, 11) is 0.363. The minimum atomic E-state index is -1.22. The molecule has 5 aromatic rings. The Morgan fingerprint density at radius 1 is 1.00 bits per heavy atom. The summed E-state index contributed by atoms with van der Waals surface area (Å²) < 4.78 is 13.1. The zero-order chi connectivity index (χ0) is 37.4. The third-order valence-corrected chi connectivity index (χ3v) is 10.8. The summed E-state index contributed by atoms with van der Waals surface area (Å²) >= 11 is 0.